The van der Waals surface area contributed by atoms with Gasteiger partial charge in [0.15, 0.2) is 5.82 Å². The quantitative estimate of drug-likeness (QED) is 0.735. The van der Waals surface area contributed by atoms with Crippen molar-refractivity contribution in [2.45, 2.75) is 26.2 Å². The molecule has 0 saturated heterocycles. The summed E-state index contributed by atoms with van der Waals surface area (Å²) < 4.78 is 5.22. The molecule has 0 aliphatic heterocycles. The Morgan fingerprint density at radius 2 is 1.88 bits per heavy atom. The van der Waals surface area contributed by atoms with Crippen LogP contribution in [0.25, 0.3) is 0 Å². The number of anilines is 1. The van der Waals surface area contributed by atoms with Crippen molar-refractivity contribution in [3.05, 3.63) is 11.8 Å². The molecule has 90 valence electrons. The lowest BCUT2D eigenvalue weighted by molar-refractivity contribution is 0.224. The van der Waals surface area contributed by atoms with Gasteiger partial charge in [-0.1, -0.05) is 25.9 Å². The summed E-state index contributed by atoms with van der Waals surface area (Å²) in [4.78, 5) is 14.6. The van der Waals surface area contributed by atoms with E-state index < -0.39 is 0 Å². The van der Waals surface area contributed by atoms with Crippen LogP contribution in [-0.4, -0.2) is 37.2 Å². The molecule has 0 unspecified atom stereocenters. The molecule has 0 aliphatic carbocycles. The van der Waals surface area contributed by atoms with Gasteiger partial charge in [0.2, 0.25) is 0 Å². The lowest BCUT2D eigenvalue weighted by Crippen LogP contribution is -2.36. The summed E-state index contributed by atoms with van der Waals surface area (Å²) in [5.41, 5.74) is -0.104. The molecule has 0 radical (unpaired) electrons. The summed E-state index contributed by atoms with van der Waals surface area (Å²) in [6.45, 7) is 6.10. The van der Waals surface area contributed by atoms with Gasteiger partial charge in [-0.15, -0.1) is 0 Å². The van der Waals surface area contributed by atoms with E-state index in [1.165, 1.54) is 9.80 Å². The van der Waals surface area contributed by atoms with Gasteiger partial charge in [-0.2, -0.15) is 0 Å². The Kier molecular flexibility index (Phi) is 3.26. The summed E-state index contributed by atoms with van der Waals surface area (Å²) in [7, 11) is 5.07. The summed E-state index contributed by atoms with van der Waals surface area (Å²) in [6.07, 6.45) is 0. The second kappa shape index (κ2) is 4.15. The number of rotatable bonds is 1. The monoisotopic (exact) mass is 225 g/mol. The van der Waals surface area contributed by atoms with E-state index in [0.29, 0.717) is 5.82 Å². The molecule has 0 aliphatic rings. The molecule has 0 saturated carbocycles. The number of hydrogen-bond donors (Lipinski definition) is 0. The van der Waals surface area contributed by atoms with Crippen molar-refractivity contribution in [3.63, 3.8) is 0 Å². The van der Waals surface area contributed by atoms with Crippen molar-refractivity contribution in [2.75, 3.05) is 26.0 Å². The van der Waals surface area contributed by atoms with Crippen molar-refractivity contribution in [1.82, 2.24) is 10.1 Å². The molecule has 1 heterocycles. The number of hydrogen-bond acceptors (Lipinski definition) is 3. The second-order valence-electron chi connectivity index (χ2n) is 5.04. The first-order chi connectivity index (χ1) is 7.23. The van der Waals surface area contributed by atoms with Crippen LogP contribution in [0.4, 0.5) is 10.6 Å². The highest BCUT2D eigenvalue weighted by molar-refractivity contribution is 5.89. The standard InChI is InChI=1S/C11H19N3O2/c1-11(2,3)8-7-9(12-16-8)14(6)10(15)13(4)5/h7H,1-6H3. The lowest BCUT2D eigenvalue weighted by atomic mass is 9.93. The van der Waals surface area contributed by atoms with Crippen LogP contribution < -0.4 is 4.90 Å². The number of carbonyl (C=O) groups is 1. The molecular formula is C11H19N3O2. The van der Waals surface area contributed by atoms with Crippen LogP contribution in [0.2, 0.25) is 0 Å². The molecule has 1 aromatic heterocycles. The number of nitrogens with zero attached hydrogens (tertiary/aromatic N) is 3. The fourth-order valence-electron chi connectivity index (χ4n) is 1.18. The summed E-state index contributed by atoms with van der Waals surface area (Å²) in [5, 5.41) is 3.89. The van der Waals surface area contributed by atoms with Crippen molar-refractivity contribution in [2.24, 2.45) is 0 Å². The molecule has 5 heteroatoms. The highest BCUT2D eigenvalue weighted by Gasteiger charge is 2.23. The maximum Gasteiger partial charge on any atom is 0.324 e. The third-order valence-electron chi connectivity index (χ3n) is 2.25. The minimum absolute atomic E-state index is 0.104. The molecule has 16 heavy (non-hydrogen) atoms. The largest absolute Gasteiger partial charge is 0.359 e. The average molecular weight is 225 g/mol. The highest BCUT2D eigenvalue weighted by Crippen LogP contribution is 2.25. The van der Waals surface area contributed by atoms with Gasteiger partial charge in [0.1, 0.15) is 5.76 Å². The van der Waals surface area contributed by atoms with E-state index in [2.05, 4.69) is 5.16 Å². The van der Waals surface area contributed by atoms with Gasteiger partial charge in [-0.3, -0.25) is 4.90 Å². The van der Waals surface area contributed by atoms with E-state index in [1.807, 2.05) is 20.8 Å². The molecule has 0 spiro atoms. The van der Waals surface area contributed by atoms with Crippen molar-refractivity contribution in [1.29, 1.82) is 0 Å². The second-order valence-corrected chi connectivity index (χ2v) is 5.04. The molecular weight excluding hydrogens is 206 g/mol. The SMILES string of the molecule is CN(C)C(=O)N(C)c1cc(C(C)(C)C)on1. The van der Waals surface area contributed by atoms with Gasteiger partial charge >= 0.3 is 6.03 Å². The Morgan fingerprint density at radius 3 is 2.25 bits per heavy atom. The molecule has 1 rings (SSSR count). The molecule has 2 amide bonds. The normalized spacial score (nSPS) is 11.4. The predicted molar refractivity (Wildman–Crippen MR) is 62.7 cm³/mol. The van der Waals surface area contributed by atoms with Gasteiger partial charge in [0.25, 0.3) is 0 Å². The first-order valence-electron chi connectivity index (χ1n) is 5.15. The minimum Gasteiger partial charge on any atom is -0.359 e. The predicted octanol–water partition coefficient (Wildman–Crippen LogP) is 2.09. The molecule has 0 N–H and O–H groups in total. The summed E-state index contributed by atoms with van der Waals surface area (Å²) in [6, 6.07) is 1.66. The lowest BCUT2D eigenvalue weighted by Gasteiger charge is -2.18. The van der Waals surface area contributed by atoms with Crippen LogP contribution in [0.15, 0.2) is 10.6 Å². The van der Waals surface area contributed by atoms with Gasteiger partial charge in [-0.25, -0.2) is 4.79 Å². The fraction of sp³-hybridized carbons (Fsp3) is 0.636. The van der Waals surface area contributed by atoms with E-state index in [-0.39, 0.29) is 11.4 Å². The molecule has 0 bridgehead atoms. The van der Waals surface area contributed by atoms with Crippen molar-refractivity contribution >= 4 is 11.8 Å². The third-order valence-corrected chi connectivity index (χ3v) is 2.25. The van der Waals surface area contributed by atoms with Crippen LogP contribution in [-0.2, 0) is 5.41 Å². The van der Waals surface area contributed by atoms with E-state index in [1.54, 1.807) is 27.2 Å². The zero-order valence-electron chi connectivity index (χ0n) is 10.7. The van der Waals surface area contributed by atoms with Crippen molar-refractivity contribution in [3.8, 4) is 0 Å². The third kappa shape index (κ3) is 2.53. The van der Waals surface area contributed by atoms with Gasteiger partial charge in [-0.05, 0) is 0 Å². The highest BCUT2D eigenvalue weighted by atomic mass is 16.5. The Balaban J connectivity index is 2.90. The maximum atomic E-state index is 11.7. The van der Waals surface area contributed by atoms with E-state index in [4.69, 9.17) is 4.52 Å². The van der Waals surface area contributed by atoms with Crippen LogP contribution in [0, 0.1) is 0 Å². The zero-order chi connectivity index (χ0) is 12.5. The Hall–Kier alpha value is -1.52. The average Bonchev–Trinajstić information content (AvgIpc) is 2.63. The molecule has 5 nitrogen and oxygen atoms in total. The zero-order valence-corrected chi connectivity index (χ0v) is 10.7. The van der Waals surface area contributed by atoms with Crippen LogP contribution >= 0.6 is 0 Å². The van der Waals surface area contributed by atoms with E-state index in [0.717, 1.165) is 5.76 Å². The number of carbonyl (C=O) groups excluding carboxylic acids is 1. The maximum absolute atomic E-state index is 11.7. The Bertz CT molecular complexity index is 377. The molecule has 0 aromatic carbocycles. The van der Waals surface area contributed by atoms with E-state index in [9.17, 15) is 4.79 Å². The number of amides is 2. The smallest absolute Gasteiger partial charge is 0.324 e. The van der Waals surface area contributed by atoms with Crippen LogP contribution in [0.5, 0.6) is 0 Å². The van der Waals surface area contributed by atoms with Crippen molar-refractivity contribution < 1.29 is 9.32 Å². The first kappa shape index (κ1) is 12.5. The first-order valence-corrected chi connectivity index (χ1v) is 5.15. The van der Waals surface area contributed by atoms with E-state index >= 15 is 0 Å². The number of aromatic nitrogens is 1. The van der Waals surface area contributed by atoms with Gasteiger partial charge in [0.05, 0.1) is 0 Å². The number of urea groups is 1. The fourth-order valence-corrected chi connectivity index (χ4v) is 1.18. The minimum atomic E-state index is -0.131. The molecule has 0 atom stereocenters. The Morgan fingerprint density at radius 1 is 1.31 bits per heavy atom. The van der Waals surface area contributed by atoms with Gasteiger partial charge in [0, 0.05) is 32.6 Å². The molecule has 1 aromatic rings. The molecule has 0 fully saturated rings. The Labute approximate surface area is 96.0 Å². The van der Waals surface area contributed by atoms with Crippen LogP contribution in [0.1, 0.15) is 26.5 Å². The summed E-state index contributed by atoms with van der Waals surface area (Å²) in [5.74, 6) is 1.30. The topological polar surface area (TPSA) is 49.6 Å². The van der Waals surface area contributed by atoms with Gasteiger partial charge < -0.3 is 9.42 Å². The summed E-state index contributed by atoms with van der Waals surface area (Å²) >= 11 is 0. The van der Waals surface area contributed by atoms with Crippen LogP contribution in [0.3, 0.4) is 0 Å².